The van der Waals surface area contributed by atoms with E-state index in [0.717, 1.165) is 45.4 Å². The van der Waals surface area contributed by atoms with Crippen LogP contribution in [-0.2, 0) is 40.3 Å². The van der Waals surface area contributed by atoms with E-state index in [1.807, 2.05) is 93.6 Å². The predicted octanol–water partition coefficient (Wildman–Crippen LogP) is 9.38. The molecule has 0 aliphatic carbocycles. The number of aliphatic carboxylic acids is 1. The largest absolute Gasteiger partial charge is 0.489 e. The average Bonchev–Trinajstić information content (AvgIpc) is 3.24. The fourth-order valence-electron chi connectivity index (χ4n) is 7.00. The molecule has 2 aliphatic rings. The first kappa shape index (κ1) is 43.7. The monoisotopic (exact) mass is 853 g/mol. The first-order valence-electron chi connectivity index (χ1n) is 19.8. The molecule has 60 heavy (non-hydrogen) atoms. The number of allylic oxidation sites excluding steroid dienone is 5. The lowest BCUT2D eigenvalue weighted by molar-refractivity contribution is -0.142. The normalized spacial score (nSPS) is 16.8. The molecular weight excluding hydrogens is 805 g/mol. The van der Waals surface area contributed by atoms with E-state index < -0.39 is 36.2 Å². The number of carbonyl (C=O) groups excluding carboxylic acids is 2. The molecule has 2 heterocycles. The van der Waals surface area contributed by atoms with Gasteiger partial charge in [0.25, 0.3) is 0 Å². The van der Waals surface area contributed by atoms with E-state index in [4.69, 9.17) is 47.9 Å². The van der Waals surface area contributed by atoms with Gasteiger partial charge in [0, 0.05) is 18.5 Å². The Morgan fingerprint density at radius 3 is 2.37 bits per heavy atom. The van der Waals surface area contributed by atoms with E-state index in [9.17, 15) is 19.5 Å². The van der Waals surface area contributed by atoms with Gasteiger partial charge >= 0.3 is 12.1 Å². The van der Waals surface area contributed by atoms with Gasteiger partial charge in [-0.25, -0.2) is 9.59 Å². The summed E-state index contributed by atoms with van der Waals surface area (Å²) in [5.41, 5.74) is 13.4. The molecule has 0 bridgehead atoms. The van der Waals surface area contributed by atoms with Crippen LogP contribution in [0.25, 0.3) is 5.57 Å². The second kappa shape index (κ2) is 19.9. The number of carboxylic acid groups (broad SMARTS) is 1. The first-order chi connectivity index (χ1) is 28.8. The van der Waals surface area contributed by atoms with Crippen molar-refractivity contribution in [2.75, 3.05) is 13.2 Å². The third-order valence-corrected chi connectivity index (χ3v) is 11.3. The van der Waals surface area contributed by atoms with Crippen LogP contribution in [0.4, 0.5) is 4.79 Å². The number of nitrogens with two attached hydrogens (primary N) is 1. The molecule has 13 heteroatoms. The Kier molecular flexibility index (Phi) is 14.5. The maximum atomic E-state index is 14.0. The van der Waals surface area contributed by atoms with E-state index in [-0.39, 0.29) is 32.6 Å². The summed E-state index contributed by atoms with van der Waals surface area (Å²) in [4.78, 5) is 41.5. The van der Waals surface area contributed by atoms with Crippen molar-refractivity contribution in [1.82, 2.24) is 10.2 Å². The van der Waals surface area contributed by atoms with Crippen molar-refractivity contribution in [1.29, 1.82) is 0 Å². The number of nitrogens with zero attached hydrogens (tertiary/aromatic N) is 1. The summed E-state index contributed by atoms with van der Waals surface area (Å²) in [6.45, 7) is 10.3. The number of carboxylic acids is 1. The van der Waals surface area contributed by atoms with Gasteiger partial charge in [-0.05, 0) is 101 Å². The highest BCUT2D eigenvalue weighted by molar-refractivity contribution is 6.42. The molecule has 0 saturated heterocycles. The topological polar surface area (TPSA) is 150 Å². The number of halogens is 2. The summed E-state index contributed by atoms with van der Waals surface area (Å²) in [5, 5.41) is 13.9. The molecule has 314 valence electrons. The van der Waals surface area contributed by atoms with Crippen LogP contribution in [0.2, 0.25) is 10.0 Å². The zero-order chi connectivity index (χ0) is 42.9. The zero-order valence-electron chi connectivity index (χ0n) is 33.8. The summed E-state index contributed by atoms with van der Waals surface area (Å²) < 4.78 is 24.1. The van der Waals surface area contributed by atoms with Crippen LogP contribution in [-0.4, -0.2) is 53.3 Å². The third kappa shape index (κ3) is 10.6. The third-order valence-electron chi connectivity index (χ3n) is 10.6. The molecule has 0 fully saturated rings. The van der Waals surface area contributed by atoms with E-state index in [2.05, 4.69) is 11.9 Å². The smallest absolute Gasteiger partial charge is 0.410 e. The van der Waals surface area contributed by atoms with E-state index >= 15 is 0 Å². The maximum absolute atomic E-state index is 14.0. The number of benzene rings is 4. The van der Waals surface area contributed by atoms with E-state index in [1.165, 1.54) is 4.90 Å². The molecule has 2 amide bonds. The van der Waals surface area contributed by atoms with Crippen molar-refractivity contribution in [3.63, 3.8) is 0 Å². The Morgan fingerprint density at radius 2 is 1.70 bits per heavy atom. The van der Waals surface area contributed by atoms with Crippen LogP contribution in [0, 0.1) is 0 Å². The Hall–Kier alpha value is -5.91. The number of amides is 2. The Labute approximate surface area is 360 Å². The van der Waals surface area contributed by atoms with Crippen molar-refractivity contribution in [3.05, 3.63) is 152 Å². The number of hydrogen-bond donors (Lipinski definition) is 3. The fraction of sp³-hybridized carbons (Fsp3) is 0.298. The molecule has 0 saturated carbocycles. The first-order valence-corrected chi connectivity index (χ1v) is 20.5. The van der Waals surface area contributed by atoms with Crippen LogP contribution in [0.1, 0.15) is 73.1 Å². The van der Waals surface area contributed by atoms with Crippen molar-refractivity contribution in [2.24, 2.45) is 5.73 Å². The molecular formula is C47H49Cl2N3O8. The lowest BCUT2D eigenvalue weighted by Gasteiger charge is -2.37. The van der Waals surface area contributed by atoms with Gasteiger partial charge in [0.1, 0.15) is 31.0 Å². The number of ether oxygens (including phenoxy) is 4. The summed E-state index contributed by atoms with van der Waals surface area (Å²) in [6, 6.07) is 21.7. The number of unbranched alkanes of at least 4 members (excludes halogenated alkanes) is 1. The summed E-state index contributed by atoms with van der Waals surface area (Å²) in [5.74, 6) is -0.131. The van der Waals surface area contributed by atoms with Gasteiger partial charge < -0.3 is 35.1 Å². The minimum Gasteiger partial charge on any atom is -0.489 e. The Balaban J connectivity index is 1.16. The van der Waals surface area contributed by atoms with Crippen LogP contribution < -0.4 is 25.3 Å². The lowest BCUT2D eigenvalue weighted by Crippen LogP contribution is -2.56. The van der Waals surface area contributed by atoms with Gasteiger partial charge in [0.2, 0.25) is 5.91 Å². The average molecular weight is 855 g/mol. The molecule has 0 aromatic heterocycles. The highest BCUT2D eigenvalue weighted by atomic mass is 35.5. The van der Waals surface area contributed by atoms with E-state index in [1.54, 1.807) is 18.2 Å². The summed E-state index contributed by atoms with van der Waals surface area (Å²) >= 11 is 12.2. The van der Waals surface area contributed by atoms with Gasteiger partial charge in [-0.2, -0.15) is 0 Å². The highest BCUT2D eigenvalue weighted by Gasteiger charge is 2.38. The quantitative estimate of drug-likeness (QED) is 0.0786. The molecule has 4 N–H and O–H groups in total. The SMILES string of the molecule is C=C/C=C(\C(C)=C(\C)N)c1ccc(C[C@H](NC(=O)[C@@H]2Cc3cc4c(cc3CN2C(=O)OCCCC)O[C@@H](c2ccc(OCc3ccc(Cl)c(Cl)c3)cc2)CO4)C(=O)O)cc1. The lowest BCUT2D eigenvalue weighted by atomic mass is 9.92. The summed E-state index contributed by atoms with van der Waals surface area (Å²) in [6.07, 6.45) is 4.08. The number of carbonyl (C=O) groups is 3. The van der Waals surface area contributed by atoms with Gasteiger partial charge in [0.05, 0.1) is 23.2 Å². The van der Waals surface area contributed by atoms with Gasteiger partial charge in [-0.3, -0.25) is 9.69 Å². The molecule has 4 aromatic carbocycles. The number of hydrogen-bond acceptors (Lipinski definition) is 8. The number of nitrogens with one attached hydrogen (secondary N) is 1. The molecule has 0 radical (unpaired) electrons. The predicted molar refractivity (Wildman–Crippen MR) is 232 cm³/mol. The van der Waals surface area contributed by atoms with Crippen molar-refractivity contribution in [3.8, 4) is 17.2 Å². The van der Waals surface area contributed by atoms with Crippen molar-refractivity contribution in [2.45, 2.75) is 77.8 Å². The maximum Gasteiger partial charge on any atom is 0.410 e. The second-order valence-corrected chi connectivity index (χ2v) is 15.6. The Bertz CT molecular complexity index is 2290. The molecule has 0 spiro atoms. The zero-order valence-corrected chi connectivity index (χ0v) is 35.4. The molecule has 6 rings (SSSR count). The molecule has 11 nitrogen and oxygen atoms in total. The molecule has 2 aliphatic heterocycles. The van der Waals surface area contributed by atoms with Crippen LogP contribution in [0.15, 0.2) is 109 Å². The molecule has 4 aromatic rings. The second-order valence-electron chi connectivity index (χ2n) is 14.8. The van der Waals surface area contributed by atoms with Crippen LogP contribution in [0.3, 0.4) is 0 Å². The highest BCUT2D eigenvalue weighted by Crippen LogP contribution is 2.41. The van der Waals surface area contributed by atoms with Crippen LogP contribution >= 0.6 is 23.2 Å². The minimum atomic E-state index is -1.26. The van der Waals surface area contributed by atoms with E-state index in [0.29, 0.717) is 51.6 Å². The molecule has 0 unspecified atom stereocenters. The van der Waals surface area contributed by atoms with Crippen molar-refractivity contribution >= 4 is 46.7 Å². The minimum absolute atomic E-state index is 0.0190. The number of rotatable bonds is 15. The number of fused-ring (bicyclic) bond motifs is 2. The van der Waals surface area contributed by atoms with Gasteiger partial charge in [0.15, 0.2) is 17.6 Å². The van der Waals surface area contributed by atoms with Crippen molar-refractivity contribution < 1.29 is 38.4 Å². The Morgan fingerprint density at radius 1 is 0.983 bits per heavy atom. The standard InChI is InChI=1S/C47H49Cl2N3O8/c1-5-7-19-57-47(56)52-25-35-24-43-42(59-27-44(60-43)33-14-16-36(17-15-33)58-26-31-11-18-38(48)39(49)20-31)23-34(35)22-41(52)45(53)51-40(46(54)55)21-30-9-12-32(13-10-30)37(8-6-2)28(3)29(4)50/h6,8-18,20,23-24,40-41,44H,2,5,7,19,21-22,25-27,50H2,1,3-4H3,(H,51,53)(H,54,55)/b29-28-,37-8+/t40-,41-,44+/m0/s1. The van der Waals surface area contributed by atoms with Gasteiger partial charge in [-0.15, -0.1) is 0 Å². The van der Waals surface area contributed by atoms with Gasteiger partial charge in [-0.1, -0.05) is 97.7 Å². The summed E-state index contributed by atoms with van der Waals surface area (Å²) in [7, 11) is 0. The fourth-order valence-corrected chi connectivity index (χ4v) is 7.32. The van der Waals surface area contributed by atoms with Crippen LogP contribution in [0.5, 0.6) is 17.2 Å². The molecule has 3 atom stereocenters.